The van der Waals surface area contributed by atoms with Gasteiger partial charge in [-0.05, 0) is 19.8 Å². The average molecular weight is 319 g/mol. The van der Waals surface area contributed by atoms with Gasteiger partial charge in [0, 0.05) is 12.6 Å². The molecule has 6 nitrogen and oxygen atoms in total. The van der Waals surface area contributed by atoms with Crippen LogP contribution in [-0.4, -0.2) is 26.1 Å². The molecule has 0 fully saturated rings. The summed E-state index contributed by atoms with van der Waals surface area (Å²) in [6.07, 6.45) is 6.63. The summed E-state index contributed by atoms with van der Waals surface area (Å²) in [6, 6.07) is 0. The fourth-order valence-corrected chi connectivity index (χ4v) is 2.85. The molecule has 0 saturated carbocycles. The van der Waals surface area contributed by atoms with Crippen molar-refractivity contribution in [3.05, 3.63) is 28.3 Å². The average Bonchev–Trinajstić information content (AvgIpc) is 2.94. The van der Waals surface area contributed by atoms with Crippen LogP contribution in [0.25, 0.3) is 0 Å². The minimum Gasteiger partial charge on any atom is -0.296 e. The lowest BCUT2D eigenvalue weighted by Gasteiger charge is -2.06. The fraction of sp³-hybridized carbons (Fsp3) is 0.533. The first-order valence-corrected chi connectivity index (χ1v) is 8.42. The first-order chi connectivity index (χ1) is 10.6. The smallest absolute Gasteiger partial charge is 0.260 e. The van der Waals surface area contributed by atoms with Gasteiger partial charge in [0.15, 0.2) is 0 Å². The van der Waals surface area contributed by atoms with Gasteiger partial charge in [0.25, 0.3) is 5.91 Å². The Morgan fingerprint density at radius 2 is 2.09 bits per heavy atom. The predicted octanol–water partition coefficient (Wildman–Crippen LogP) is 3.18. The Hall–Kier alpha value is -1.89. The summed E-state index contributed by atoms with van der Waals surface area (Å²) < 4.78 is 0. The number of nitrogens with zero attached hydrogens (tertiary/aromatic N) is 4. The quantitative estimate of drug-likeness (QED) is 0.793. The van der Waals surface area contributed by atoms with E-state index in [9.17, 15) is 4.79 Å². The molecule has 0 spiro atoms. The molecule has 0 aliphatic carbocycles. The number of rotatable bonds is 7. The molecule has 1 N–H and O–H groups in total. The van der Waals surface area contributed by atoms with E-state index in [4.69, 9.17) is 0 Å². The van der Waals surface area contributed by atoms with Crippen LogP contribution < -0.4 is 5.32 Å². The Morgan fingerprint density at radius 1 is 1.27 bits per heavy atom. The van der Waals surface area contributed by atoms with Crippen LogP contribution in [0.5, 0.6) is 0 Å². The van der Waals surface area contributed by atoms with Gasteiger partial charge in [-0.1, -0.05) is 38.0 Å². The number of anilines is 1. The van der Waals surface area contributed by atoms with E-state index in [0.29, 0.717) is 22.9 Å². The van der Waals surface area contributed by atoms with Gasteiger partial charge in [-0.25, -0.2) is 9.97 Å². The van der Waals surface area contributed by atoms with Crippen molar-refractivity contribution in [2.45, 2.75) is 52.9 Å². The second-order valence-corrected chi connectivity index (χ2v) is 6.11. The summed E-state index contributed by atoms with van der Waals surface area (Å²) in [7, 11) is 0. The van der Waals surface area contributed by atoms with E-state index in [-0.39, 0.29) is 5.91 Å². The second kappa shape index (κ2) is 7.93. The SMILES string of the molecule is CCCCCc1nnc(NC(=O)c2cnc(C)nc2CC)s1. The zero-order chi connectivity index (χ0) is 15.9. The van der Waals surface area contributed by atoms with Crippen LogP contribution in [0.1, 0.15) is 60.0 Å². The van der Waals surface area contributed by atoms with Crippen LogP contribution in [-0.2, 0) is 12.8 Å². The molecule has 2 aromatic heterocycles. The summed E-state index contributed by atoms with van der Waals surface area (Å²) in [6.45, 7) is 5.95. The molecule has 0 saturated heterocycles. The van der Waals surface area contributed by atoms with Crippen molar-refractivity contribution in [3.63, 3.8) is 0 Å². The lowest BCUT2D eigenvalue weighted by molar-refractivity contribution is 0.102. The predicted molar refractivity (Wildman–Crippen MR) is 87.2 cm³/mol. The molecule has 0 aliphatic heterocycles. The van der Waals surface area contributed by atoms with E-state index >= 15 is 0 Å². The topological polar surface area (TPSA) is 80.7 Å². The molecule has 0 atom stereocenters. The third kappa shape index (κ3) is 4.30. The Kier molecular flexibility index (Phi) is 5.94. The van der Waals surface area contributed by atoms with E-state index in [1.807, 2.05) is 13.8 Å². The van der Waals surface area contributed by atoms with Gasteiger partial charge in [-0.3, -0.25) is 10.1 Å². The minimum absolute atomic E-state index is 0.229. The van der Waals surface area contributed by atoms with Gasteiger partial charge in [0.05, 0.1) is 11.3 Å². The number of amides is 1. The van der Waals surface area contributed by atoms with E-state index in [2.05, 4.69) is 32.4 Å². The maximum atomic E-state index is 12.3. The maximum absolute atomic E-state index is 12.3. The van der Waals surface area contributed by atoms with Crippen LogP contribution in [0.3, 0.4) is 0 Å². The Labute approximate surface area is 134 Å². The van der Waals surface area contributed by atoms with Crippen LogP contribution >= 0.6 is 11.3 Å². The molecule has 0 aliphatic rings. The van der Waals surface area contributed by atoms with Gasteiger partial charge in [0.2, 0.25) is 5.13 Å². The summed E-state index contributed by atoms with van der Waals surface area (Å²) in [5, 5.41) is 12.4. The number of aromatic nitrogens is 4. The van der Waals surface area contributed by atoms with E-state index in [1.165, 1.54) is 24.2 Å². The number of aryl methyl sites for hydroxylation is 3. The Morgan fingerprint density at radius 3 is 2.82 bits per heavy atom. The van der Waals surface area contributed by atoms with Gasteiger partial charge >= 0.3 is 0 Å². The summed E-state index contributed by atoms with van der Waals surface area (Å²) >= 11 is 1.43. The van der Waals surface area contributed by atoms with Crippen LogP contribution in [0.15, 0.2) is 6.20 Å². The monoisotopic (exact) mass is 319 g/mol. The molecule has 2 rings (SSSR count). The Balaban J connectivity index is 2.03. The first-order valence-electron chi connectivity index (χ1n) is 7.60. The van der Waals surface area contributed by atoms with Crippen molar-refractivity contribution >= 4 is 22.4 Å². The summed E-state index contributed by atoms with van der Waals surface area (Å²) in [4.78, 5) is 20.7. The molecule has 0 radical (unpaired) electrons. The second-order valence-electron chi connectivity index (χ2n) is 5.04. The number of unbranched alkanes of at least 4 members (excludes halogenated alkanes) is 2. The third-order valence-corrected chi connectivity index (χ3v) is 4.15. The molecule has 0 aromatic carbocycles. The molecule has 2 heterocycles. The largest absolute Gasteiger partial charge is 0.296 e. The third-order valence-electron chi connectivity index (χ3n) is 3.25. The number of carbonyl (C=O) groups is 1. The van der Waals surface area contributed by atoms with Crippen molar-refractivity contribution in [1.82, 2.24) is 20.2 Å². The first kappa shape index (κ1) is 16.5. The van der Waals surface area contributed by atoms with E-state index in [1.54, 1.807) is 6.20 Å². The van der Waals surface area contributed by atoms with Crippen molar-refractivity contribution in [2.24, 2.45) is 0 Å². The molecule has 118 valence electrons. The highest BCUT2D eigenvalue weighted by Gasteiger charge is 2.15. The molecular weight excluding hydrogens is 298 g/mol. The highest BCUT2D eigenvalue weighted by Crippen LogP contribution is 2.19. The fourth-order valence-electron chi connectivity index (χ4n) is 2.07. The van der Waals surface area contributed by atoms with Gasteiger partial charge in [-0.15, -0.1) is 10.2 Å². The minimum atomic E-state index is -0.229. The van der Waals surface area contributed by atoms with Crippen LogP contribution in [0, 0.1) is 6.92 Å². The van der Waals surface area contributed by atoms with E-state index < -0.39 is 0 Å². The highest BCUT2D eigenvalue weighted by atomic mass is 32.1. The van der Waals surface area contributed by atoms with Crippen LogP contribution in [0.4, 0.5) is 5.13 Å². The number of carbonyl (C=O) groups excluding carboxylic acids is 1. The molecule has 2 aromatic rings. The zero-order valence-corrected chi connectivity index (χ0v) is 14.0. The highest BCUT2D eigenvalue weighted by molar-refractivity contribution is 7.15. The molecular formula is C15H21N5OS. The van der Waals surface area contributed by atoms with Crippen molar-refractivity contribution in [2.75, 3.05) is 5.32 Å². The van der Waals surface area contributed by atoms with E-state index in [0.717, 1.165) is 23.5 Å². The van der Waals surface area contributed by atoms with Gasteiger partial charge < -0.3 is 0 Å². The van der Waals surface area contributed by atoms with Crippen molar-refractivity contribution in [3.8, 4) is 0 Å². The number of hydrogen-bond donors (Lipinski definition) is 1. The van der Waals surface area contributed by atoms with Crippen LogP contribution in [0.2, 0.25) is 0 Å². The normalized spacial score (nSPS) is 10.7. The van der Waals surface area contributed by atoms with Crippen molar-refractivity contribution in [1.29, 1.82) is 0 Å². The lowest BCUT2D eigenvalue weighted by Crippen LogP contribution is -2.16. The molecule has 1 amide bonds. The molecule has 0 bridgehead atoms. The number of nitrogens with one attached hydrogen (secondary N) is 1. The standard InChI is InChI=1S/C15H21N5OS/c1-4-6-7-8-13-19-20-15(22-13)18-14(21)11-9-16-10(3)17-12(11)5-2/h9H,4-8H2,1-3H3,(H,18,20,21). The maximum Gasteiger partial charge on any atom is 0.260 e. The zero-order valence-electron chi connectivity index (χ0n) is 13.2. The molecule has 0 unspecified atom stereocenters. The number of hydrogen-bond acceptors (Lipinski definition) is 6. The molecule has 22 heavy (non-hydrogen) atoms. The summed E-state index contributed by atoms with van der Waals surface area (Å²) in [5.41, 5.74) is 1.24. The molecule has 7 heteroatoms. The van der Waals surface area contributed by atoms with Gasteiger partial charge in [0.1, 0.15) is 10.8 Å². The lowest BCUT2D eigenvalue weighted by atomic mass is 10.2. The van der Waals surface area contributed by atoms with Crippen molar-refractivity contribution < 1.29 is 4.79 Å². The summed E-state index contributed by atoms with van der Waals surface area (Å²) in [5.74, 6) is 0.440. The Bertz CT molecular complexity index is 641. The van der Waals surface area contributed by atoms with Gasteiger partial charge in [-0.2, -0.15) is 0 Å².